The molecule has 1 aliphatic heterocycles. The Morgan fingerprint density at radius 1 is 1.19 bits per heavy atom. The molecule has 0 radical (unpaired) electrons. The Balaban J connectivity index is 0.00000289. The number of hydrogen-bond donors (Lipinski definition) is 1. The van der Waals surface area contributed by atoms with Crippen LogP contribution in [0, 0.1) is 6.92 Å². The van der Waals surface area contributed by atoms with Crippen molar-refractivity contribution in [3.05, 3.63) is 52.5 Å². The van der Waals surface area contributed by atoms with Crippen molar-refractivity contribution in [3.63, 3.8) is 0 Å². The number of anilines is 1. The highest BCUT2D eigenvalue weighted by Crippen LogP contribution is 2.33. The normalized spacial score (nSPS) is 14.4. The van der Waals surface area contributed by atoms with E-state index in [4.69, 9.17) is 16.6 Å². The van der Waals surface area contributed by atoms with Crippen molar-refractivity contribution >= 4 is 68.4 Å². The zero-order valence-electron chi connectivity index (χ0n) is 18.3. The van der Waals surface area contributed by atoms with Gasteiger partial charge in [0.05, 0.1) is 15.8 Å². The Bertz CT molecular complexity index is 1070. The third-order valence-corrected chi connectivity index (χ3v) is 7.97. The van der Waals surface area contributed by atoms with Crippen LogP contribution >= 0.6 is 47.1 Å². The summed E-state index contributed by atoms with van der Waals surface area (Å²) < 4.78 is 1.18. The average molecular weight is 512 g/mol. The molecule has 3 aromatic rings. The lowest BCUT2D eigenvalue weighted by molar-refractivity contribution is 0.0945. The molecule has 2 heterocycles. The summed E-state index contributed by atoms with van der Waals surface area (Å²) in [6.07, 6.45) is 0. The topological polar surface area (TPSA) is 48.5 Å². The molecule has 2 aromatic carbocycles. The number of thiazole rings is 1. The molecule has 1 aliphatic rings. The molecule has 32 heavy (non-hydrogen) atoms. The largest absolute Gasteiger partial charge is 0.351 e. The highest BCUT2D eigenvalue weighted by molar-refractivity contribution is 7.99. The fourth-order valence-corrected chi connectivity index (χ4v) is 5.78. The molecule has 172 valence electrons. The average Bonchev–Trinajstić information content (AvgIpc) is 3.22. The smallest absolute Gasteiger partial charge is 0.252 e. The van der Waals surface area contributed by atoms with Crippen LogP contribution in [0.25, 0.3) is 10.2 Å². The second-order valence-electron chi connectivity index (χ2n) is 7.53. The van der Waals surface area contributed by atoms with Crippen molar-refractivity contribution in [1.29, 1.82) is 0 Å². The minimum Gasteiger partial charge on any atom is -0.351 e. The Hall–Kier alpha value is -1.51. The van der Waals surface area contributed by atoms with Crippen molar-refractivity contribution < 1.29 is 4.79 Å². The van der Waals surface area contributed by atoms with E-state index < -0.39 is 0 Å². The molecule has 1 amide bonds. The summed E-state index contributed by atoms with van der Waals surface area (Å²) in [5, 5.41) is 4.93. The van der Waals surface area contributed by atoms with E-state index in [0.29, 0.717) is 6.54 Å². The number of thioether (sulfide) groups is 1. The first-order valence-corrected chi connectivity index (χ1v) is 12.8. The van der Waals surface area contributed by atoms with Gasteiger partial charge in [-0.05, 0) is 42.5 Å². The monoisotopic (exact) mass is 510 g/mol. The van der Waals surface area contributed by atoms with E-state index in [9.17, 15) is 4.79 Å². The minimum atomic E-state index is 0. The van der Waals surface area contributed by atoms with Crippen LogP contribution < -0.4 is 10.2 Å². The molecule has 5 nitrogen and oxygen atoms in total. The molecular weight excluding hydrogens is 483 g/mol. The highest BCUT2D eigenvalue weighted by atomic mass is 35.5. The standard InChI is InChI=1S/C23H27ClN4OS2.ClH/c1-3-30-19-7-5-4-6-17(19)22(29)25-10-11-27-12-14-28(15-13-27)23-26-21-16(2)18(24)8-9-20(21)31-23;/h4-9H,3,10-15H2,1-2H3,(H,25,29);1H. The first-order valence-electron chi connectivity index (χ1n) is 10.6. The van der Waals surface area contributed by atoms with Gasteiger partial charge in [-0.2, -0.15) is 0 Å². The van der Waals surface area contributed by atoms with Crippen molar-refractivity contribution in [2.24, 2.45) is 0 Å². The van der Waals surface area contributed by atoms with Crippen molar-refractivity contribution in [1.82, 2.24) is 15.2 Å². The van der Waals surface area contributed by atoms with Gasteiger partial charge in [-0.1, -0.05) is 42.0 Å². The van der Waals surface area contributed by atoms with Crippen LogP contribution in [0.5, 0.6) is 0 Å². The summed E-state index contributed by atoms with van der Waals surface area (Å²) >= 11 is 9.68. The van der Waals surface area contributed by atoms with Crippen LogP contribution in [0.3, 0.4) is 0 Å². The van der Waals surface area contributed by atoms with Gasteiger partial charge in [-0.3, -0.25) is 9.69 Å². The predicted molar refractivity (Wildman–Crippen MR) is 140 cm³/mol. The van der Waals surface area contributed by atoms with E-state index in [1.807, 2.05) is 37.3 Å². The quantitative estimate of drug-likeness (QED) is 0.434. The van der Waals surface area contributed by atoms with E-state index in [1.54, 1.807) is 23.1 Å². The summed E-state index contributed by atoms with van der Waals surface area (Å²) in [7, 11) is 0. The molecule has 0 saturated carbocycles. The lowest BCUT2D eigenvalue weighted by Crippen LogP contribution is -2.48. The molecule has 1 saturated heterocycles. The van der Waals surface area contributed by atoms with Crippen LogP contribution in [-0.4, -0.2) is 60.8 Å². The molecule has 0 atom stereocenters. The van der Waals surface area contributed by atoms with Gasteiger partial charge in [0.1, 0.15) is 0 Å². The van der Waals surface area contributed by atoms with Crippen molar-refractivity contribution in [2.45, 2.75) is 18.7 Å². The number of rotatable bonds is 7. The number of hydrogen-bond acceptors (Lipinski definition) is 6. The third-order valence-electron chi connectivity index (χ3n) is 5.52. The van der Waals surface area contributed by atoms with Gasteiger partial charge in [0.25, 0.3) is 5.91 Å². The molecule has 0 spiro atoms. The first kappa shape index (κ1) is 25.1. The van der Waals surface area contributed by atoms with Gasteiger partial charge in [0.15, 0.2) is 5.13 Å². The van der Waals surface area contributed by atoms with Gasteiger partial charge < -0.3 is 10.2 Å². The summed E-state index contributed by atoms with van der Waals surface area (Å²) in [6, 6.07) is 11.8. The van der Waals surface area contributed by atoms with Crippen molar-refractivity contribution in [2.75, 3.05) is 49.9 Å². The van der Waals surface area contributed by atoms with Crippen LogP contribution in [0.2, 0.25) is 5.02 Å². The number of benzene rings is 2. The van der Waals surface area contributed by atoms with Gasteiger partial charge >= 0.3 is 0 Å². The predicted octanol–water partition coefficient (Wildman–Crippen LogP) is 5.34. The summed E-state index contributed by atoms with van der Waals surface area (Å²) in [4.78, 5) is 23.2. The number of halogens is 2. The maximum Gasteiger partial charge on any atom is 0.252 e. The Morgan fingerprint density at radius 2 is 1.94 bits per heavy atom. The minimum absolute atomic E-state index is 0. The number of amides is 1. The first-order chi connectivity index (χ1) is 15.1. The number of nitrogens with one attached hydrogen (secondary N) is 1. The Labute approximate surface area is 208 Å². The lowest BCUT2D eigenvalue weighted by Gasteiger charge is -2.34. The Morgan fingerprint density at radius 3 is 2.69 bits per heavy atom. The summed E-state index contributed by atoms with van der Waals surface area (Å²) in [6.45, 7) is 9.46. The molecule has 4 rings (SSSR count). The molecule has 1 aromatic heterocycles. The van der Waals surface area contributed by atoms with E-state index in [2.05, 4.69) is 28.1 Å². The van der Waals surface area contributed by atoms with Crippen molar-refractivity contribution in [3.8, 4) is 0 Å². The van der Waals surface area contributed by atoms with Gasteiger partial charge in [-0.25, -0.2) is 4.98 Å². The maximum absolute atomic E-state index is 12.6. The highest BCUT2D eigenvalue weighted by Gasteiger charge is 2.20. The van der Waals surface area contributed by atoms with Crippen LogP contribution in [-0.2, 0) is 0 Å². The molecule has 0 unspecified atom stereocenters. The summed E-state index contributed by atoms with van der Waals surface area (Å²) in [5.41, 5.74) is 2.83. The molecular formula is C23H28Cl2N4OS2. The second kappa shape index (κ2) is 11.6. The van der Waals surface area contributed by atoms with Crippen LogP contribution in [0.1, 0.15) is 22.8 Å². The van der Waals surface area contributed by atoms with Gasteiger partial charge in [0, 0.05) is 49.2 Å². The number of fused-ring (bicyclic) bond motifs is 1. The van der Waals surface area contributed by atoms with E-state index >= 15 is 0 Å². The SMILES string of the molecule is CCSc1ccccc1C(=O)NCCN1CCN(c2nc3c(C)c(Cl)ccc3s2)CC1.Cl. The number of piperazine rings is 1. The zero-order chi connectivity index (χ0) is 21.8. The fraction of sp³-hybridized carbons (Fsp3) is 0.391. The zero-order valence-corrected chi connectivity index (χ0v) is 21.5. The van der Waals surface area contributed by atoms with Crippen LogP contribution in [0.4, 0.5) is 5.13 Å². The molecule has 9 heteroatoms. The Kier molecular flexibility index (Phi) is 9.08. The van der Waals surface area contributed by atoms with E-state index in [-0.39, 0.29) is 18.3 Å². The fourth-order valence-electron chi connectivity index (χ4n) is 3.75. The van der Waals surface area contributed by atoms with E-state index in [0.717, 1.165) is 70.2 Å². The number of aryl methyl sites for hydroxylation is 1. The second-order valence-corrected chi connectivity index (χ2v) is 10.3. The van der Waals surface area contributed by atoms with Crippen LogP contribution in [0.15, 0.2) is 41.3 Å². The molecule has 1 N–H and O–H groups in total. The number of nitrogens with zero attached hydrogens (tertiary/aromatic N) is 3. The number of carbonyl (C=O) groups excluding carboxylic acids is 1. The maximum atomic E-state index is 12.6. The number of aromatic nitrogens is 1. The molecule has 0 aliphatic carbocycles. The number of carbonyl (C=O) groups is 1. The lowest BCUT2D eigenvalue weighted by atomic mass is 10.2. The summed E-state index contributed by atoms with van der Waals surface area (Å²) in [5.74, 6) is 0.967. The molecule has 1 fully saturated rings. The van der Waals surface area contributed by atoms with E-state index in [1.165, 1.54) is 4.70 Å². The third kappa shape index (κ3) is 5.69. The van der Waals surface area contributed by atoms with Gasteiger partial charge in [-0.15, -0.1) is 24.2 Å². The van der Waals surface area contributed by atoms with Gasteiger partial charge in [0.2, 0.25) is 0 Å². The molecule has 0 bridgehead atoms.